The number of hydrogen-bond acceptors (Lipinski definition) is 3. The van der Waals surface area contributed by atoms with Gasteiger partial charge in [0.2, 0.25) is 0 Å². The van der Waals surface area contributed by atoms with E-state index >= 15 is 8.78 Å². The normalized spacial score (nSPS) is 23.7. The number of benzene rings is 4. The van der Waals surface area contributed by atoms with Gasteiger partial charge in [-0.25, -0.2) is 8.78 Å². The lowest BCUT2D eigenvalue weighted by Crippen LogP contribution is -2.34. The third-order valence-electron chi connectivity index (χ3n) is 12.4. The van der Waals surface area contributed by atoms with Crippen LogP contribution < -0.4 is 9.47 Å². The van der Waals surface area contributed by atoms with E-state index in [4.69, 9.17) is 9.47 Å². The van der Waals surface area contributed by atoms with E-state index in [0.29, 0.717) is 35.1 Å². The predicted molar refractivity (Wildman–Crippen MR) is 219 cm³/mol. The Hall–Kier alpha value is -3.96. The van der Waals surface area contributed by atoms with Crippen LogP contribution in [0.15, 0.2) is 91.0 Å². The summed E-state index contributed by atoms with van der Waals surface area (Å²) in [7, 11) is 0. The first-order valence-electron chi connectivity index (χ1n) is 20.9. The fourth-order valence-electron chi connectivity index (χ4n) is 9.05. The van der Waals surface area contributed by atoms with Gasteiger partial charge in [-0.15, -0.1) is 0 Å². The van der Waals surface area contributed by atoms with Crippen LogP contribution in [0.2, 0.25) is 0 Å². The van der Waals surface area contributed by atoms with E-state index in [9.17, 15) is 0 Å². The maximum Gasteiger partial charge on any atom is 0.138 e. The number of rotatable bonds is 13. The Morgan fingerprint density at radius 3 is 1.83 bits per heavy atom. The van der Waals surface area contributed by atoms with Crippen molar-refractivity contribution in [3.63, 3.8) is 0 Å². The molecule has 2 aliphatic carbocycles. The average molecular weight is 732 g/mol. The molecule has 0 amide bonds. The second-order valence-corrected chi connectivity index (χ2v) is 16.4. The van der Waals surface area contributed by atoms with Crippen molar-refractivity contribution in [2.24, 2.45) is 17.8 Å². The van der Waals surface area contributed by atoms with Gasteiger partial charge in [0, 0.05) is 35.3 Å². The lowest BCUT2D eigenvalue weighted by atomic mass is 9.84. The Balaban J connectivity index is 0.846. The fourth-order valence-corrected chi connectivity index (χ4v) is 9.05. The number of nitrogens with zero attached hydrogens (tertiary/aromatic N) is 1. The molecule has 0 radical (unpaired) electrons. The summed E-state index contributed by atoms with van der Waals surface area (Å²) in [5.41, 5.74) is 4.44. The van der Waals surface area contributed by atoms with Gasteiger partial charge in [-0.1, -0.05) is 93.1 Å². The van der Waals surface area contributed by atoms with Gasteiger partial charge in [0.15, 0.2) is 0 Å². The quantitative estimate of drug-likeness (QED) is 0.137. The second kappa shape index (κ2) is 18.6. The van der Waals surface area contributed by atoms with Crippen molar-refractivity contribution in [3.8, 4) is 33.8 Å². The van der Waals surface area contributed by atoms with Gasteiger partial charge in [0.25, 0.3) is 0 Å². The van der Waals surface area contributed by atoms with Crippen LogP contribution in [0.3, 0.4) is 0 Å². The van der Waals surface area contributed by atoms with Gasteiger partial charge in [-0.05, 0) is 137 Å². The maximum absolute atomic E-state index is 15.6. The third-order valence-corrected chi connectivity index (χ3v) is 12.4. The van der Waals surface area contributed by atoms with Crippen molar-refractivity contribution in [1.29, 1.82) is 0 Å². The number of likely N-dealkylation sites (tertiary alicyclic amines) is 1. The van der Waals surface area contributed by atoms with Crippen LogP contribution in [0.5, 0.6) is 11.5 Å². The summed E-state index contributed by atoms with van der Waals surface area (Å²) in [6.45, 7) is 7.32. The molecule has 3 fully saturated rings. The van der Waals surface area contributed by atoms with Crippen molar-refractivity contribution in [1.82, 2.24) is 4.90 Å². The predicted octanol–water partition coefficient (Wildman–Crippen LogP) is 13.3. The summed E-state index contributed by atoms with van der Waals surface area (Å²) >= 11 is 0. The number of piperidine rings is 1. The highest BCUT2D eigenvalue weighted by Crippen LogP contribution is 2.34. The van der Waals surface area contributed by atoms with Crippen molar-refractivity contribution in [2.45, 2.75) is 116 Å². The lowest BCUT2D eigenvalue weighted by molar-refractivity contribution is 0.129. The molecule has 1 aliphatic heterocycles. The number of allylic oxidation sites excluding steroid dienone is 1. The highest BCUT2D eigenvalue weighted by atomic mass is 19.1. The molecule has 1 atom stereocenters. The smallest absolute Gasteiger partial charge is 0.138 e. The van der Waals surface area contributed by atoms with Gasteiger partial charge in [0.1, 0.15) is 23.1 Å². The van der Waals surface area contributed by atoms with E-state index in [1.165, 1.54) is 32.1 Å². The zero-order chi connectivity index (χ0) is 37.3. The van der Waals surface area contributed by atoms with Gasteiger partial charge in [-0.2, -0.15) is 0 Å². The fraction of sp³-hybridized carbons (Fsp3) is 0.469. The minimum Gasteiger partial charge on any atom is -0.490 e. The summed E-state index contributed by atoms with van der Waals surface area (Å²) in [5.74, 6) is 3.61. The first kappa shape index (κ1) is 38.3. The Bertz CT molecular complexity index is 1800. The van der Waals surface area contributed by atoms with Gasteiger partial charge in [-0.3, -0.25) is 4.90 Å². The monoisotopic (exact) mass is 731 g/mol. The van der Waals surface area contributed by atoms with Crippen molar-refractivity contribution >= 4 is 6.08 Å². The van der Waals surface area contributed by atoms with E-state index in [-0.39, 0.29) is 23.8 Å². The van der Waals surface area contributed by atoms with Crippen LogP contribution in [0.1, 0.15) is 108 Å². The van der Waals surface area contributed by atoms with Gasteiger partial charge in [0.05, 0.1) is 12.2 Å². The van der Waals surface area contributed by atoms with Crippen molar-refractivity contribution in [2.75, 3.05) is 13.1 Å². The van der Waals surface area contributed by atoms with E-state index in [2.05, 4.69) is 24.8 Å². The zero-order valence-corrected chi connectivity index (χ0v) is 32.5. The summed E-state index contributed by atoms with van der Waals surface area (Å²) in [4.78, 5) is 2.38. The molecular formula is C49H59F2NO2. The molecule has 4 aromatic carbocycles. The van der Waals surface area contributed by atoms with Crippen molar-refractivity contribution < 1.29 is 18.3 Å². The number of ether oxygens (including phenoxy) is 2. The van der Waals surface area contributed by atoms with Crippen LogP contribution in [-0.2, 0) is 6.54 Å². The molecule has 0 bridgehead atoms. The van der Waals surface area contributed by atoms with E-state index < -0.39 is 0 Å². The topological polar surface area (TPSA) is 21.7 Å². The second-order valence-electron chi connectivity index (χ2n) is 16.4. The average Bonchev–Trinajstić information content (AvgIpc) is 3.20. The maximum atomic E-state index is 15.6. The first-order chi connectivity index (χ1) is 26.4. The summed E-state index contributed by atoms with van der Waals surface area (Å²) in [6.07, 6.45) is 19.4. The molecule has 1 unspecified atom stereocenters. The molecule has 3 aliphatic rings. The lowest BCUT2D eigenvalue weighted by Gasteiger charge is -2.31. The molecule has 2 saturated carbocycles. The standard InChI is InChI=1S/C49H59F2NO2/c1-3-36-16-24-42(25-17-36)53-44-28-20-38(21-29-44)46-14-6-12-40(48(46)50)11-5-4-10-37-18-26-43(27-19-37)54-45-30-22-39(23-31-45)47-15-7-13-41(49(47)51)34-52-32-8-9-35(2)33-52/h5-7,11-15,20-23,28-31,35-37,42-43H,3-4,8-10,16-19,24-27,32-34H2,1-2H3/b11-5+. The van der Waals surface area contributed by atoms with Crippen molar-refractivity contribution in [3.05, 3.63) is 114 Å². The van der Waals surface area contributed by atoms with Crippen LogP contribution >= 0.6 is 0 Å². The molecule has 0 spiro atoms. The minimum atomic E-state index is -0.174. The Morgan fingerprint density at radius 1 is 0.667 bits per heavy atom. The molecule has 286 valence electrons. The van der Waals surface area contributed by atoms with Crippen LogP contribution in [0.25, 0.3) is 28.3 Å². The molecule has 5 heteroatoms. The van der Waals surface area contributed by atoms with Crippen LogP contribution in [-0.4, -0.2) is 30.2 Å². The van der Waals surface area contributed by atoms with Gasteiger partial charge >= 0.3 is 0 Å². The van der Waals surface area contributed by atoms with E-state index in [1.54, 1.807) is 0 Å². The molecule has 3 nitrogen and oxygen atoms in total. The summed E-state index contributed by atoms with van der Waals surface area (Å²) in [6, 6.07) is 27.3. The summed E-state index contributed by atoms with van der Waals surface area (Å²) < 4.78 is 43.9. The van der Waals surface area contributed by atoms with E-state index in [0.717, 1.165) is 98.6 Å². The van der Waals surface area contributed by atoms with Crippen LogP contribution in [0.4, 0.5) is 8.78 Å². The molecule has 0 N–H and O–H groups in total. The van der Waals surface area contributed by atoms with E-state index in [1.807, 2.05) is 91.0 Å². The molecule has 1 heterocycles. The Morgan fingerprint density at radius 2 is 1.24 bits per heavy atom. The first-order valence-corrected chi connectivity index (χ1v) is 20.9. The van der Waals surface area contributed by atoms with Gasteiger partial charge < -0.3 is 9.47 Å². The number of halogens is 2. The molecule has 4 aromatic rings. The minimum absolute atomic E-state index is 0.109. The molecule has 54 heavy (non-hydrogen) atoms. The third kappa shape index (κ3) is 10.0. The zero-order valence-electron chi connectivity index (χ0n) is 32.5. The Labute approximate surface area is 322 Å². The number of hydrogen-bond donors (Lipinski definition) is 0. The molecular weight excluding hydrogens is 673 g/mol. The summed E-state index contributed by atoms with van der Waals surface area (Å²) in [5, 5.41) is 0. The SMILES string of the molecule is CCC1CCC(Oc2ccc(-c3cccc(/C=C/CCC4CCC(Oc5ccc(-c6cccc(CN7CCCC(C)C7)c6F)cc5)CC4)c3F)cc2)CC1. The highest BCUT2D eigenvalue weighted by molar-refractivity contribution is 5.69. The Kier molecular flexibility index (Phi) is 13.2. The molecule has 1 saturated heterocycles. The molecule has 0 aromatic heterocycles. The largest absolute Gasteiger partial charge is 0.490 e. The highest BCUT2D eigenvalue weighted by Gasteiger charge is 2.24. The molecule has 7 rings (SSSR count). The van der Waals surface area contributed by atoms with Crippen LogP contribution in [0, 0.1) is 29.4 Å².